The molecule has 0 aliphatic carbocycles. The SMILES string of the molecule is c1ccc2sc(-c3ccc4cc[nH]c4c3)cc2c1. The number of H-pyrrole nitrogens is 1. The summed E-state index contributed by atoms with van der Waals surface area (Å²) < 4.78 is 1.35. The third-order valence-electron chi connectivity index (χ3n) is 3.27. The van der Waals surface area contributed by atoms with E-state index in [1.807, 2.05) is 17.5 Å². The summed E-state index contributed by atoms with van der Waals surface area (Å²) in [6.07, 6.45) is 1.99. The van der Waals surface area contributed by atoms with E-state index in [4.69, 9.17) is 0 Å². The molecule has 0 atom stereocenters. The van der Waals surface area contributed by atoms with Crippen LogP contribution in [0.2, 0.25) is 0 Å². The first kappa shape index (κ1) is 9.92. The summed E-state index contributed by atoms with van der Waals surface area (Å²) in [6.45, 7) is 0. The van der Waals surface area contributed by atoms with Crippen molar-refractivity contribution >= 4 is 32.3 Å². The van der Waals surface area contributed by atoms with Crippen molar-refractivity contribution < 1.29 is 0 Å². The van der Waals surface area contributed by atoms with Crippen LogP contribution in [0.15, 0.2) is 60.8 Å². The van der Waals surface area contributed by atoms with E-state index in [2.05, 4.69) is 59.6 Å². The maximum Gasteiger partial charge on any atom is 0.0460 e. The Morgan fingerprint density at radius 3 is 2.72 bits per heavy atom. The molecule has 0 spiro atoms. The molecule has 0 radical (unpaired) electrons. The van der Waals surface area contributed by atoms with Gasteiger partial charge in [-0.25, -0.2) is 0 Å². The number of fused-ring (bicyclic) bond motifs is 2. The van der Waals surface area contributed by atoms with Crippen molar-refractivity contribution in [1.29, 1.82) is 0 Å². The molecule has 0 saturated carbocycles. The van der Waals surface area contributed by atoms with Crippen LogP contribution in [0.3, 0.4) is 0 Å². The number of thiophene rings is 1. The number of aromatic amines is 1. The van der Waals surface area contributed by atoms with Crippen LogP contribution >= 0.6 is 11.3 Å². The molecule has 1 nitrogen and oxygen atoms in total. The molecule has 0 bridgehead atoms. The molecule has 1 N–H and O–H groups in total. The van der Waals surface area contributed by atoms with Crippen LogP contribution in [0.4, 0.5) is 0 Å². The van der Waals surface area contributed by atoms with Gasteiger partial charge in [-0.1, -0.05) is 30.3 Å². The van der Waals surface area contributed by atoms with E-state index in [9.17, 15) is 0 Å². The van der Waals surface area contributed by atoms with Gasteiger partial charge in [-0.15, -0.1) is 11.3 Å². The van der Waals surface area contributed by atoms with E-state index in [0.29, 0.717) is 0 Å². The molecule has 4 aromatic rings. The summed E-state index contributed by atoms with van der Waals surface area (Å²) in [7, 11) is 0. The smallest absolute Gasteiger partial charge is 0.0460 e. The maximum atomic E-state index is 3.27. The van der Waals surface area contributed by atoms with Gasteiger partial charge in [0.05, 0.1) is 0 Å². The molecular formula is C16H11NS. The number of hydrogen-bond acceptors (Lipinski definition) is 1. The molecule has 0 aliphatic rings. The minimum atomic E-state index is 1.20. The number of nitrogens with one attached hydrogen (secondary N) is 1. The van der Waals surface area contributed by atoms with Crippen molar-refractivity contribution in [1.82, 2.24) is 4.98 Å². The van der Waals surface area contributed by atoms with Crippen molar-refractivity contribution in [3.05, 3.63) is 60.8 Å². The number of aromatic nitrogens is 1. The second kappa shape index (κ2) is 3.72. The van der Waals surface area contributed by atoms with Gasteiger partial charge in [-0.3, -0.25) is 0 Å². The first-order chi connectivity index (χ1) is 8.90. The summed E-state index contributed by atoms with van der Waals surface area (Å²) in [5.74, 6) is 0. The fourth-order valence-corrected chi connectivity index (χ4v) is 3.38. The minimum Gasteiger partial charge on any atom is -0.361 e. The van der Waals surface area contributed by atoms with Crippen LogP contribution in [-0.2, 0) is 0 Å². The third kappa shape index (κ3) is 1.46. The molecule has 18 heavy (non-hydrogen) atoms. The van der Waals surface area contributed by atoms with Crippen LogP contribution in [0.5, 0.6) is 0 Å². The van der Waals surface area contributed by atoms with Crippen LogP contribution < -0.4 is 0 Å². The molecular weight excluding hydrogens is 238 g/mol. The Hall–Kier alpha value is -2.06. The Morgan fingerprint density at radius 2 is 1.78 bits per heavy atom. The molecule has 2 heteroatoms. The minimum absolute atomic E-state index is 1.20. The lowest BCUT2D eigenvalue weighted by atomic mass is 10.1. The summed E-state index contributed by atoms with van der Waals surface area (Å²) in [6, 6.07) is 19.5. The van der Waals surface area contributed by atoms with Gasteiger partial charge in [0.15, 0.2) is 0 Å². The lowest BCUT2D eigenvalue weighted by Gasteiger charge is -1.97. The molecule has 2 aromatic heterocycles. The first-order valence-electron chi connectivity index (χ1n) is 5.96. The van der Waals surface area contributed by atoms with Crippen molar-refractivity contribution in [3.63, 3.8) is 0 Å². The molecule has 0 saturated heterocycles. The fraction of sp³-hybridized carbons (Fsp3) is 0. The van der Waals surface area contributed by atoms with Crippen molar-refractivity contribution in [3.8, 4) is 10.4 Å². The van der Waals surface area contributed by atoms with E-state index < -0.39 is 0 Å². The lowest BCUT2D eigenvalue weighted by molar-refractivity contribution is 1.48. The Bertz CT molecular complexity index is 805. The Labute approximate surface area is 109 Å². The summed E-state index contributed by atoms with van der Waals surface area (Å²) in [4.78, 5) is 4.59. The predicted molar refractivity (Wildman–Crippen MR) is 79.1 cm³/mol. The summed E-state index contributed by atoms with van der Waals surface area (Å²) in [5, 5.41) is 2.59. The molecule has 4 rings (SSSR count). The Morgan fingerprint density at radius 1 is 0.833 bits per heavy atom. The Balaban J connectivity index is 1.94. The third-order valence-corrected chi connectivity index (χ3v) is 4.43. The highest BCUT2D eigenvalue weighted by molar-refractivity contribution is 7.22. The van der Waals surface area contributed by atoms with Crippen molar-refractivity contribution in [2.45, 2.75) is 0 Å². The standard InChI is InChI=1S/C16H11NS/c1-2-4-15-12(3-1)10-16(18-15)13-6-5-11-7-8-17-14(11)9-13/h1-10,17H. The molecule has 2 heterocycles. The second-order valence-corrected chi connectivity index (χ2v) is 5.51. The van der Waals surface area contributed by atoms with E-state index >= 15 is 0 Å². The zero-order chi connectivity index (χ0) is 11.9. The number of hydrogen-bond donors (Lipinski definition) is 1. The molecule has 0 amide bonds. The highest BCUT2D eigenvalue weighted by Crippen LogP contribution is 2.34. The van der Waals surface area contributed by atoms with Crippen molar-refractivity contribution in [2.24, 2.45) is 0 Å². The zero-order valence-corrected chi connectivity index (χ0v) is 10.5. The molecule has 0 aliphatic heterocycles. The van der Waals surface area contributed by atoms with Gasteiger partial charge in [0.1, 0.15) is 0 Å². The van der Waals surface area contributed by atoms with Crippen LogP contribution in [-0.4, -0.2) is 4.98 Å². The summed E-state index contributed by atoms with van der Waals surface area (Å²) in [5.41, 5.74) is 2.48. The number of rotatable bonds is 1. The van der Waals surface area contributed by atoms with E-state index in [1.165, 1.54) is 31.4 Å². The van der Waals surface area contributed by atoms with Gasteiger partial charge in [-0.2, -0.15) is 0 Å². The van der Waals surface area contributed by atoms with Gasteiger partial charge in [0.25, 0.3) is 0 Å². The van der Waals surface area contributed by atoms with Gasteiger partial charge in [0, 0.05) is 21.3 Å². The van der Waals surface area contributed by atoms with Gasteiger partial charge in [0.2, 0.25) is 0 Å². The maximum absolute atomic E-state index is 3.27. The van der Waals surface area contributed by atoms with Gasteiger partial charge in [-0.05, 0) is 40.6 Å². The largest absolute Gasteiger partial charge is 0.361 e. The average molecular weight is 249 g/mol. The fourth-order valence-electron chi connectivity index (χ4n) is 2.33. The summed E-state index contributed by atoms with van der Waals surface area (Å²) >= 11 is 1.85. The van der Waals surface area contributed by atoms with Crippen LogP contribution in [0.1, 0.15) is 0 Å². The van der Waals surface area contributed by atoms with Gasteiger partial charge >= 0.3 is 0 Å². The van der Waals surface area contributed by atoms with Crippen molar-refractivity contribution in [2.75, 3.05) is 0 Å². The van der Waals surface area contributed by atoms with E-state index in [0.717, 1.165) is 0 Å². The van der Waals surface area contributed by atoms with Gasteiger partial charge < -0.3 is 4.98 Å². The quantitative estimate of drug-likeness (QED) is 0.486. The van der Waals surface area contributed by atoms with E-state index in [1.54, 1.807) is 0 Å². The number of benzene rings is 2. The molecule has 2 aromatic carbocycles. The van der Waals surface area contributed by atoms with E-state index in [-0.39, 0.29) is 0 Å². The van der Waals surface area contributed by atoms with Crippen LogP contribution in [0.25, 0.3) is 31.4 Å². The average Bonchev–Trinajstić information content (AvgIpc) is 3.04. The zero-order valence-electron chi connectivity index (χ0n) is 9.68. The highest BCUT2D eigenvalue weighted by atomic mass is 32.1. The topological polar surface area (TPSA) is 15.8 Å². The first-order valence-corrected chi connectivity index (χ1v) is 6.78. The monoisotopic (exact) mass is 249 g/mol. The second-order valence-electron chi connectivity index (χ2n) is 4.43. The predicted octanol–water partition coefficient (Wildman–Crippen LogP) is 5.05. The molecule has 0 unspecified atom stereocenters. The lowest BCUT2D eigenvalue weighted by Crippen LogP contribution is -1.72. The molecule has 0 fully saturated rings. The molecule has 86 valence electrons. The Kier molecular flexibility index (Phi) is 2.05. The van der Waals surface area contributed by atoms with Crippen LogP contribution in [0, 0.1) is 0 Å². The highest BCUT2D eigenvalue weighted by Gasteiger charge is 2.04. The normalized spacial score (nSPS) is 11.3.